The number of hydrogen-bond acceptors (Lipinski definition) is 4. The minimum absolute atomic E-state index is 0.135. The van der Waals surface area contributed by atoms with Crippen molar-refractivity contribution in [2.75, 3.05) is 0 Å². The van der Waals surface area contributed by atoms with E-state index in [1.165, 1.54) is 0 Å². The number of nitrogens with zero attached hydrogens (tertiary/aromatic N) is 1. The Morgan fingerprint density at radius 3 is 2.33 bits per heavy atom. The van der Waals surface area contributed by atoms with E-state index in [0.29, 0.717) is 22.5 Å². The van der Waals surface area contributed by atoms with E-state index in [9.17, 15) is 15.0 Å². The van der Waals surface area contributed by atoms with Crippen molar-refractivity contribution in [1.82, 2.24) is 5.16 Å². The van der Waals surface area contributed by atoms with Gasteiger partial charge in [-0.25, -0.2) is 4.79 Å². The molecule has 2 N–H and O–H groups in total. The fraction of sp³-hybridized carbons (Fsp3) is 0.0588. The van der Waals surface area contributed by atoms with E-state index in [2.05, 4.69) is 5.16 Å². The Labute approximate surface area is 147 Å². The van der Waals surface area contributed by atoms with Gasteiger partial charge in [0.15, 0.2) is 11.4 Å². The Hall–Kier alpha value is -2.50. The number of carboxylic acid groups (broad SMARTS) is 1. The average Bonchev–Trinajstić information content (AvgIpc) is 2.94. The quantitative estimate of drug-likeness (QED) is 0.681. The number of phenols is 1. The van der Waals surface area contributed by atoms with Crippen LogP contribution in [0.5, 0.6) is 5.75 Å². The van der Waals surface area contributed by atoms with Crippen LogP contribution in [-0.2, 0) is 0 Å². The molecule has 1 heterocycles. The number of aryl methyl sites for hydroxylation is 1. The molecule has 0 radical (unpaired) electrons. The molecule has 0 saturated heterocycles. The van der Waals surface area contributed by atoms with Gasteiger partial charge in [-0.1, -0.05) is 46.6 Å². The molecular weight excluding hydrogens is 353 g/mol. The lowest BCUT2D eigenvalue weighted by atomic mass is 9.98. The zero-order valence-electron chi connectivity index (χ0n) is 12.4. The highest BCUT2D eigenvalue weighted by Gasteiger charge is 2.21. The number of aromatic nitrogens is 1. The fourth-order valence-electron chi connectivity index (χ4n) is 2.44. The molecule has 7 heteroatoms. The lowest BCUT2D eigenvalue weighted by molar-refractivity contribution is 0.0686. The molecule has 0 aliphatic rings. The smallest absolute Gasteiger partial charge is 0.358 e. The van der Waals surface area contributed by atoms with Crippen LogP contribution in [0.15, 0.2) is 40.9 Å². The molecular formula is C17H11Cl2NO4. The van der Waals surface area contributed by atoms with Crippen LogP contribution in [0, 0.1) is 6.92 Å². The van der Waals surface area contributed by atoms with Gasteiger partial charge >= 0.3 is 5.97 Å². The Kier molecular flexibility index (Phi) is 4.22. The zero-order chi connectivity index (χ0) is 17.4. The SMILES string of the molecule is Cc1onc(C(=O)O)c1-c1cccc(-c2cc(Cl)c(O)c(Cl)c2)c1. The van der Waals surface area contributed by atoms with E-state index in [0.717, 1.165) is 5.56 Å². The molecule has 122 valence electrons. The third-order valence-corrected chi connectivity index (χ3v) is 4.14. The fourth-order valence-corrected chi connectivity index (χ4v) is 2.93. The summed E-state index contributed by atoms with van der Waals surface area (Å²) in [5.41, 5.74) is 2.36. The van der Waals surface area contributed by atoms with Crippen molar-refractivity contribution in [2.45, 2.75) is 6.92 Å². The number of aromatic hydroxyl groups is 1. The van der Waals surface area contributed by atoms with Gasteiger partial charge in [-0.2, -0.15) is 0 Å². The highest BCUT2D eigenvalue weighted by atomic mass is 35.5. The van der Waals surface area contributed by atoms with Gasteiger partial charge in [0.2, 0.25) is 0 Å². The summed E-state index contributed by atoms with van der Waals surface area (Å²) in [6.45, 7) is 1.65. The summed E-state index contributed by atoms with van der Waals surface area (Å²) in [7, 11) is 0. The number of hydrogen-bond donors (Lipinski definition) is 2. The first-order chi connectivity index (χ1) is 11.4. The van der Waals surface area contributed by atoms with Crippen molar-refractivity contribution in [3.8, 4) is 28.0 Å². The van der Waals surface area contributed by atoms with Gasteiger partial charge in [0.05, 0.1) is 15.6 Å². The minimum atomic E-state index is -1.16. The standard InChI is InChI=1S/C17H11Cl2NO4/c1-8-14(15(17(22)23)20-24-8)10-4-2-3-9(5-10)11-6-12(18)16(21)13(19)7-11/h2-7,21H,1H3,(H,22,23). The zero-order valence-corrected chi connectivity index (χ0v) is 13.9. The molecule has 24 heavy (non-hydrogen) atoms. The maximum absolute atomic E-state index is 11.3. The van der Waals surface area contributed by atoms with Gasteiger partial charge < -0.3 is 14.7 Å². The summed E-state index contributed by atoms with van der Waals surface area (Å²) in [5.74, 6) is -0.935. The third kappa shape index (κ3) is 2.84. The molecule has 0 fully saturated rings. The molecule has 0 aliphatic carbocycles. The molecule has 1 aromatic heterocycles. The molecule has 3 aromatic rings. The maximum atomic E-state index is 11.3. The summed E-state index contributed by atoms with van der Waals surface area (Å²) < 4.78 is 5.00. The molecule has 0 saturated carbocycles. The van der Waals surface area contributed by atoms with Crippen molar-refractivity contribution >= 4 is 29.2 Å². The van der Waals surface area contributed by atoms with Crippen LogP contribution in [0.3, 0.4) is 0 Å². The topological polar surface area (TPSA) is 83.6 Å². The Balaban J connectivity index is 2.15. The minimum Gasteiger partial charge on any atom is -0.505 e. The van der Waals surface area contributed by atoms with Crippen molar-refractivity contribution in [2.24, 2.45) is 0 Å². The average molecular weight is 364 g/mol. The van der Waals surface area contributed by atoms with Gasteiger partial charge in [-0.15, -0.1) is 0 Å². The van der Waals surface area contributed by atoms with Gasteiger partial charge in [-0.05, 0) is 41.8 Å². The lowest BCUT2D eigenvalue weighted by Gasteiger charge is -2.08. The second-order valence-corrected chi connectivity index (χ2v) is 5.95. The Morgan fingerprint density at radius 1 is 1.08 bits per heavy atom. The summed E-state index contributed by atoms with van der Waals surface area (Å²) >= 11 is 11.9. The van der Waals surface area contributed by atoms with Crippen LogP contribution in [0.25, 0.3) is 22.3 Å². The number of phenolic OH excluding ortho intramolecular Hbond substituents is 1. The van der Waals surface area contributed by atoms with Crippen LogP contribution in [0.4, 0.5) is 0 Å². The van der Waals surface area contributed by atoms with Crippen LogP contribution in [-0.4, -0.2) is 21.3 Å². The van der Waals surface area contributed by atoms with E-state index in [-0.39, 0.29) is 21.5 Å². The van der Waals surface area contributed by atoms with E-state index in [4.69, 9.17) is 27.7 Å². The highest BCUT2D eigenvalue weighted by Crippen LogP contribution is 2.37. The largest absolute Gasteiger partial charge is 0.505 e. The first-order valence-electron chi connectivity index (χ1n) is 6.87. The lowest BCUT2D eigenvalue weighted by Crippen LogP contribution is -1.99. The molecule has 0 aliphatic heterocycles. The summed E-state index contributed by atoms with van der Waals surface area (Å²) in [6.07, 6.45) is 0. The Morgan fingerprint density at radius 2 is 1.71 bits per heavy atom. The number of aromatic carboxylic acids is 1. The van der Waals surface area contributed by atoms with Crippen LogP contribution in [0.2, 0.25) is 10.0 Å². The number of rotatable bonds is 3. The molecule has 5 nitrogen and oxygen atoms in total. The molecule has 0 unspecified atom stereocenters. The van der Waals surface area contributed by atoms with Crippen LogP contribution >= 0.6 is 23.2 Å². The van der Waals surface area contributed by atoms with Crippen molar-refractivity contribution in [3.63, 3.8) is 0 Å². The second-order valence-electron chi connectivity index (χ2n) is 5.14. The van der Waals surface area contributed by atoms with Crippen molar-refractivity contribution < 1.29 is 19.5 Å². The predicted molar refractivity (Wildman–Crippen MR) is 90.8 cm³/mol. The van der Waals surface area contributed by atoms with Crippen molar-refractivity contribution in [3.05, 3.63) is 57.9 Å². The predicted octanol–water partition coefficient (Wildman–Crippen LogP) is 5.03. The normalized spacial score (nSPS) is 10.8. The van der Waals surface area contributed by atoms with Gasteiger partial charge in [0, 0.05) is 0 Å². The molecule has 0 spiro atoms. The number of benzene rings is 2. The van der Waals surface area contributed by atoms with Crippen LogP contribution < -0.4 is 0 Å². The monoisotopic (exact) mass is 363 g/mol. The number of carboxylic acids is 1. The maximum Gasteiger partial charge on any atom is 0.358 e. The molecule has 3 rings (SSSR count). The highest BCUT2D eigenvalue weighted by molar-refractivity contribution is 6.37. The number of halogens is 2. The Bertz CT molecular complexity index is 927. The first kappa shape index (κ1) is 16.4. The molecule has 0 bridgehead atoms. The van der Waals surface area contributed by atoms with Gasteiger partial charge in [0.1, 0.15) is 5.76 Å². The van der Waals surface area contributed by atoms with E-state index in [1.54, 1.807) is 37.3 Å². The molecule has 2 aromatic carbocycles. The van der Waals surface area contributed by atoms with E-state index >= 15 is 0 Å². The van der Waals surface area contributed by atoms with Crippen LogP contribution in [0.1, 0.15) is 16.2 Å². The summed E-state index contributed by atoms with van der Waals surface area (Å²) in [5, 5.41) is 22.8. The number of carbonyl (C=O) groups is 1. The summed E-state index contributed by atoms with van der Waals surface area (Å²) in [4.78, 5) is 11.3. The van der Waals surface area contributed by atoms with Gasteiger partial charge in [-0.3, -0.25) is 0 Å². The second kappa shape index (κ2) is 6.19. The van der Waals surface area contributed by atoms with E-state index < -0.39 is 5.97 Å². The third-order valence-electron chi connectivity index (χ3n) is 3.57. The first-order valence-corrected chi connectivity index (χ1v) is 7.62. The van der Waals surface area contributed by atoms with E-state index in [1.807, 2.05) is 6.07 Å². The molecule has 0 amide bonds. The molecule has 0 atom stereocenters. The summed E-state index contributed by atoms with van der Waals surface area (Å²) in [6, 6.07) is 10.3. The van der Waals surface area contributed by atoms with Gasteiger partial charge in [0.25, 0.3) is 0 Å². The van der Waals surface area contributed by atoms with Crippen molar-refractivity contribution in [1.29, 1.82) is 0 Å².